The molecule has 8 heteroatoms. The van der Waals surface area contributed by atoms with Crippen LogP contribution in [0.3, 0.4) is 0 Å². The number of hydrogen-bond acceptors (Lipinski definition) is 2. The number of anilines is 2. The van der Waals surface area contributed by atoms with Crippen molar-refractivity contribution in [1.82, 2.24) is 0 Å². The normalized spacial score (nSPS) is 14.2. The highest BCUT2D eigenvalue weighted by Crippen LogP contribution is 2.66. The highest BCUT2D eigenvalue weighted by Gasteiger charge is 2.37. The van der Waals surface area contributed by atoms with Crippen LogP contribution in [0.25, 0.3) is 0 Å². The van der Waals surface area contributed by atoms with E-state index in [9.17, 15) is 0 Å². The summed E-state index contributed by atoms with van der Waals surface area (Å²) in [5, 5.41) is 5.88. The van der Waals surface area contributed by atoms with E-state index in [-0.39, 0.29) is 0 Å². The van der Waals surface area contributed by atoms with Crippen LogP contribution in [0.4, 0.5) is 11.4 Å². The van der Waals surface area contributed by atoms with Gasteiger partial charge in [0.2, 0.25) is 0 Å². The average molecular weight is 689 g/mol. The van der Waals surface area contributed by atoms with Crippen LogP contribution < -0.4 is 29.7 Å². The van der Waals surface area contributed by atoms with Gasteiger partial charge < -0.3 is 8.46 Å². The summed E-state index contributed by atoms with van der Waals surface area (Å²) in [7, 11) is -7.79. The number of nitrogens with zero attached hydrogens (tertiary/aromatic N) is 2. The Balaban J connectivity index is 2.00. The molecule has 0 amide bonds. The lowest BCUT2D eigenvalue weighted by molar-refractivity contribution is 1.36. The lowest BCUT2D eigenvalue weighted by Crippen LogP contribution is -2.59. The van der Waals surface area contributed by atoms with Crippen molar-refractivity contribution >= 4 is 80.8 Å². The predicted octanol–water partition coefficient (Wildman–Crippen LogP) is 10.1. The second kappa shape index (κ2) is 13.5. The zero-order valence-electron chi connectivity index (χ0n) is 29.2. The first kappa shape index (κ1) is 35.1. The summed E-state index contributed by atoms with van der Waals surface area (Å²) in [5.74, 6) is 0. The fourth-order valence-electron chi connectivity index (χ4n) is 6.99. The minimum Gasteiger partial charge on any atom is -0.425 e. The molecular weight excluding hydrogens is 635 g/mol. The summed E-state index contributed by atoms with van der Waals surface area (Å²) in [6.07, 6.45) is 0. The van der Waals surface area contributed by atoms with Gasteiger partial charge in [-0.2, -0.15) is 0 Å². The Morgan fingerprint density at radius 1 is 0.341 bits per heavy atom. The molecule has 4 aromatic rings. The van der Waals surface area contributed by atoms with Crippen molar-refractivity contribution in [2.24, 2.45) is 0 Å². The second-order valence-electron chi connectivity index (χ2n) is 15.7. The standard InChI is InChI=1S/C36H54N2P2Si4/c1-41(2,3)37(42(4,5)6)31-21-19-27-35(29-31)39(33-23-15-13-16-24-33)40(34-25-17-14-18-26-34)36-28-20-22-32(30-36)38(43(7,8)9)44(10,11)12/h13-30H,1-12H3. The van der Waals surface area contributed by atoms with E-state index in [0.29, 0.717) is 0 Å². The largest absolute Gasteiger partial charge is 0.425 e. The fraction of sp³-hybridized carbons (Fsp3) is 0.333. The Morgan fingerprint density at radius 3 is 0.886 bits per heavy atom. The van der Waals surface area contributed by atoms with Gasteiger partial charge >= 0.3 is 0 Å². The van der Waals surface area contributed by atoms with Crippen LogP contribution in [0, 0.1) is 0 Å². The van der Waals surface area contributed by atoms with Crippen LogP contribution in [0.1, 0.15) is 0 Å². The molecule has 2 unspecified atom stereocenters. The van der Waals surface area contributed by atoms with Crippen LogP contribution in [0.5, 0.6) is 0 Å². The van der Waals surface area contributed by atoms with Crippen molar-refractivity contribution in [1.29, 1.82) is 0 Å². The maximum absolute atomic E-state index is 2.87. The zero-order valence-corrected chi connectivity index (χ0v) is 35.0. The van der Waals surface area contributed by atoms with Gasteiger partial charge in [-0.3, -0.25) is 0 Å². The van der Waals surface area contributed by atoms with E-state index in [0.717, 1.165) is 0 Å². The van der Waals surface area contributed by atoms with Gasteiger partial charge in [-0.25, -0.2) is 0 Å². The molecule has 0 spiro atoms. The van der Waals surface area contributed by atoms with Gasteiger partial charge in [0.25, 0.3) is 0 Å². The Bertz CT molecular complexity index is 1380. The highest BCUT2D eigenvalue weighted by molar-refractivity contribution is 8.41. The summed E-state index contributed by atoms with van der Waals surface area (Å²) >= 11 is 0. The van der Waals surface area contributed by atoms with E-state index < -0.39 is 48.2 Å². The maximum atomic E-state index is 2.87. The molecule has 0 saturated heterocycles. The molecule has 234 valence electrons. The second-order valence-corrected chi connectivity index (χ2v) is 41.5. The molecule has 0 aliphatic heterocycles. The molecule has 2 atom stereocenters. The minimum atomic E-state index is -1.60. The van der Waals surface area contributed by atoms with Crippen LogP contribution in [0.15, 0.2) is 109 Å². The quantitative estimate of drug-likeness (QED) is 0.114. The summed E-state index contributed by atoms with van der Waals surface area (Å²) < 4.78 is 5.74. The first-order chi connectivity index (χ1) is 20.4. The van der Waals surface area contributed by atoms with Crippen molar-refractivity contribution in [3.63, 3.8) is 0 Å². The van der Waals surface area contributed by atoms with Gasteiger partial charge in [0.05, 0.1) is 0 Å². The molecule has 2 nitrogen and oxygen atoms in total. The lowest BCUT2D eigenvalue weighted by atomic mass is 10.3. The Labute approximate surface area is 275 Å². The third-order valence-corrected chi connectivity index (χ3v) is 29.5. The first-order valence-electron chi connectivity index (χ1n) is 15.9. The predicted molar refractivity (Wildman–Crippen MR) is 216 cm³/mol. The monoisotopic (exact) mass is 688 g/mol. The average Bonchev–Trinajstić information content (AvgIpc) is 2.90. The van der Waals surface area contributed by atoms with Crippen LogP contribution >= 0.6 is 15.2 Å². The molecule has 0 aliphatic rings. The molecule has 0 fully saturated rings. The van der Waals surface area contributed by atoms with Crippen LogP contribution in [-0.4, -0.2) is 32.9 Å². The molecule has 44 heavy (non-hydrogen) atoms. The fourth-order valence-corrected chi connectivity index (χ4v) is 34.5. The van der Waals surface area contributed by atoms with E-state index in [1.807, 2.05) is 0 Å². The number of rotatable bonds is 11. The molecule has 0 saturated carbocycles. The Hall–Kier alpha value is -1.79. The molecule has 0 N–H and O–H groups in total. The van der Waals surface area contributed by atoms with Crippen molar-refractivity contribution in [2.45, 2.75) is 78.6 Å². The topological polar surface area (TPSA) is 6.48 Å². The third-order valence-electron chi connectivity index (χ3n) is 7.55. The molecule has 4 rings (SSSR count). The van der Waals surface area contributed by atoms with Gasteiger partial charge in [-0.15, -0.1) is 0 Å². The van der Waals surface area contributed by atoms with E-state index in [2.05, 4.69) is 196 Å². The van der Waals surface area contributed by atoms with Gasteiger partial charge in [0.15, 0.2) is 0 Å². The van der Waals surface area contributed by atoms with E-state index in [1.165, 1.54) is 32.6 Å². The molecule has 0 aliphatic carbocycles. The first-order valence-corrected chi connectivity index (χ1v) is 33.1. The summed E-state index contributed by atoms with van der Waals surface area (Å²) in [4.78, 5) is 0. The number of hydrogen-bond donors (Lipinski definition) is 0. The van der Waals surface area contributed by atoms with Crippen LogP contribution in [-0.2, 0) is 0 Å². The van der Waals surface area contributed by atoms with Crippen molar-refractivity contribution in [2.75, 3.05) is 8.46 Å². The van der Waals surface area contributed by atoms with Gasteiger partial charge in [0.1, 0.15) is 32.9 Å². The van der Waals surface area contributed by atoms with Crippen molar-refractivity contribution in [3.8, 4) is 0 Å². The Kier molecular flexibility index (Phi) is 10.8. The van der Waals surface area contributed by atoms with E-state index in [4.69, 9.17) is 0 Å². The number of benzene rings is 4. The van der Waals surface area contributed by atoms with E-state index in [1.54, 1.807) is 0 Å². The lowest BCUT2D eigenvalue weighted by Gasteiger charge is -2.46. The summed E-state index contributed by atoms with van der Waals surface area (Å²) in [6.45, 7) is 30.0. The molecule has 0 bridgehead atoms. The van der Waals surface area contributed by atoms with Gasteiger partial charge in [-0.05, 0) is 60.7 Å². The molecule has 0 radical (unpaired) electrons. The molecule has 4 aromatic carbocycles. The summed E-state index contributed by atoms with van der Waals surface area (Å²) in [6, 6.07) is 42.2. The van der Waals surface area contributed by atoms with E-state index >= 15 is 0 Å². The third kappa shape index (κ3) is 8.32. The van der Waals surface area contributed by atoms with Crippen molar-refractivity contribution in [3.05, 3.63) is 109 Å². The van der Waals surface area contributed by atoms with Gasteiger partial charge in [-0.1, -0.05) is 163 Å². The zero-order chi connectivity index (χ0) is 32.5. The smallest absolute Gasteiger partial charge is 0.138 e. The molecule has 0 aromatic heterocycles. The van der Waals surface area contributed by atoms with Gasteiger partial charge in [0, 0.05) is 11.4 Å². The minimum absolute atomic E-state index is 0.694. The SMILES string of the molecule is C[Si](C)(C)N(c1cccc(P(c2ccccc2)P(c2ccccc2)c2cccc(N([Si](C)(C)C)[Si](C)(C)C)c2)c1)[Si](C)(C)C. The molecule has 0 heterocycles. The maximum Gasteiger partial charge on any atom is 0.138 e. The Morgan fingerprint density at radius 2 is 0.614 bits per heavy atom. The van der Waals surface area contributed by atoms with Crippen LogP contribution in [0.2, 0.25) is 78.6 Å². The highest BCUT2D eigenvalue weighted by atomic mass is 32.1. The summed E-state index contributed by atoms with van der Waals surface area (Å²) in [5.41, 5.74) is 2.84. The molecular formula is C36H54N2P2Si4. The van der Waals surface area contributed by atoms with Crippen molar-refractivity contribution < 1.29 is 0 Å².